The Balaban J connectivity index is 3.15. The number of ether oxygens (including phenoxy) is 1. The van der Waals surface area contributed by atoms with Crippen molar-refractivity contribution in [1.29, 1.82) is 0 Å². The van der Waals surface area contributed by atoms with Crippen LogP contribution >= 0.6 is 23.2 Å². The molecule has 0 saturated heterocycles. The minimum Gasteiger partial charge on any atom is -0.495 e. The van der Waals surface area contributed by atoms with Crippen molar-refractivity contribution in [3.05, 3.63) is 22.2 Å². The summed E-state index contributed by atoms with van der Waals surface area (Å²) in [6.07, 6.45) is 0. The Morgan fingerprint density at radius 1 is 1.44 bits per heavy atom. The Hall–Kier alpha value is -0.970. The average molecular weight is 263 g/mol. The summed E-state index contributed by atoms with van der Waals surface area (Å²) in [5.74, 6) is 0.215. The molecular weight excluding hydrogens is 251 g/mol. The number of hydrogen-bond acceptors (Lipinski definition) is 3. The van der Waals surface area contributed by atoms with Gasteiger partial charge in [0.1, 0.15) is 5.75 Å². The normalized spacial score (nSPS) is 10.1. The molecule has 0 heterocycles. The number of rotatable bonds is 3. The minimum atomic E-state index is -0.247. The van der Waals surface area contributed by atoms with E-state index in [1.165, 1.54) is 12.0 Å². The van der Waals surface area contributed by atoms with Gasteiger partial charge < -0.3 is 15.4 Å². The van der Waals surface area contributed by atoms with Crippen LogP contribution in [0, 0.1) is 0 Å². The molecule has 0 spiro atoms. The monoisotopic (exact) mass is 262 g/mol. The highest BCUT2D eigenvalue weighted by Gasteiger charge is 2.15. The summed E-state index contributed by atoms with van der Waals surface area (Å²) >= 11 is 11.9. The first-order valence-electron chi connectivity index (χ1n) is 4.51. The number of nitrogens with two attached hydrogens (primary N) is 1. The first-order valence-corrected chi connectivity index (χ1v) is 5.26. The standard InChI is InChI=1S/C10H12Cl2N2O2/c1-14(10(15)5-13)8-3-7(12)9(16-2)4-6(8)11/h3-4H,5,13H2,1-2H3. The van der Waals surface area contributed by atoms with Crippen LogP contribution in [0.25, 0.3) is 0 Å². The summed E-state index contributed by atoms with van der Waals surface area (Å²) in [5, 5.41) is 0.768. The third-order valence-corrected chi connectivity index (χ3v) is 2.73. The van der Waals surface area contributed by atoms with E-state index in [1.807, 2.05) is 0 Å². The van der Waals surface area contributed by atoms with Crippen molar-refractivity contribution in [2.45, 2.75) is 0 Å². The van der Waals surface area contributed by atoms with Gasteiger partial charge in [0.2, 0.25) is 5.91 Å². The summed E-state index contributed by atoms with van der Waals surface area (Å²) < 4.78 is 5.00. The molecule has 0 aromatic heterocycles. The van der Waals surface area contributed by atoms with Crippen LogP contribution in [0.3, 0.4) is 0 Å². The second-order valence-electron chi connectivity index (χ2n) is 3.10. The van der Waals surface area contributed by atoms with Gasteiger partial charge in [0.15, 0.2) is 0 Å². The topological polar surface area (TPSA) is 55.6 Å². The van der Waals surface area contributed by atoms with Crippen molar-refractivity contribution in [2.75, 3.05) is 25.6 Å². The molecular formula is C10H12Cl2N2O2. The van der Waals surface area contributed by atoms with Crippen LogP contribution in [0.4, 0.5) is 5.69 Å². The zero-order chi connectivity index (χ0) is 12.3. The molecule has 88 valence electrons. The quantitative estimate of drug-likeness (QED) is 0.906. The lowest BCUT2D eigenvalue weighted by atomic mass is 10.2. The van der Waals surface area contributed by atoms with Crippen molar-refractivity contribution in [1.82, 2.24) is 0 Å². The molecule has 6 heteroatoms. The Labute approximate surface area is 104 Å². The van der Waals surface area contributed by atoms with E-state index in [0.717, 1.165) is 0 Å². The number of carbonyl (C=O) groups excluding carboxylic acids is 1. The van der Waals surface area contributed by atoms with Gasteiger partial charge in [-0.2, -0.15) is 0 Å². The highest BCUT2D eigenvalue weighted by atomic mass is 35.5. The Kier molecular flexibility index (Phi) is 4.41. The zero-order valence-corrected chi connectivity index (χ0v) is 10.5. The molecule has 0 aliphatic rings. The summed E-state index contributed by atoms with van der Waals surface area (Å²) in [5.41, 5.74) is 5.77. The number of halogens is 2. The number of likely N-dealkylation sites (N-methyl/N-ethyl adjacent to an activating group) is 1. The Morgan fingerprint density at radius 3 is 2.56 bits per heavy atom. The molecule has 0 aliphatic carbocycles. The van der Waals surface area contributed by atoms with E-state index in [1.54, 1.807) is 19.2 Å². The van der Waals surface area contributed by atoms with Crippen LogP contribution in [0.15, 0.2) is 12.1 Å². The van der Waals surface area contributed by atoms with Crippen LogP contribution in [-0.4, -0.2) is 26.6 Å². The third-order valence-electron chi connectivity index (χ3n) is 2.13. The molecule has 1 aromatic carbocycles. The number of nitrogens with zero attached hydrogens (tertiary/aromatic N) is 1. The van der Waals surface area contributed by atoms with Gasteiger partial charge in [-0.3, -0.25) is 4.79 Å². The maximum Gasteiger partial charge on any atom is 0.240 e. The second kappa shape index (κ2) is 5.39. The maximum atomic E-state index is 11.4. The summed E-state index contributed by atoms with van der Waals surface area (Å²) in [4.78, 5) is 12.8. The molecule has 0 saturated carbocycles. The molecule has 2 N–H and O–H groups in total. The van der Waals surface area contributed by atoms with E-state index in [9.17, 15) is 4.79 Å². The van der Waals surface area contributed by atoms with Crippen molar-refractivity contribution in [3.8, 4) is 5.75 Å². The molecule has 0 bridgehead atoms. The zero-order valence-electron chi connectivity index (χ0n) is 8.96. The summed E-state index contributed by atoms with van der Waals surface area (Å²) in [7, 11) is 3.07. The number of hydrogen-bond donors (Lipinski definition) is 1. The van der Waals surface area contributed by atoms with E-state index < -0.39 is 0 Å². The van der Waals surface area contributed by atoms with E-state index >= 15 is 0 Å². The first-order chi connectivity index (χ1) is 7.51. The number of anilines is 1. The SMILES string of the molecule is COc1cc(Cl)c(N(C)C(=O)CN)cc1Cl. The predicted molar refractivity (Wildman–Crippen MR) is 65.5 cm³/mol. The number of amides is 1. The van der Waals surface area contributed by atoms with Crippen LogP contribution in [-0.2, 0) is 4.79 Å². The summed E-state index contributed by atoms with van der Waals surface area (Å²) in [6.45, 7) is -0.0868. The minimum absolute atomic E-state index is 0.0868. The fraction of sp³-hybridized carbons (Fsp3) is 0.300. The number of benzene rings is 1. The average Bonchev–Trinajstić information content (AvgIpc) is 2.29. The smallest absolute Gasteiger partial charge is 0.240 e. The molecule has 0 atom stereocenters. The van der Waals surface area contributed by atoms with Crippen LogP contribution in [0.1, 0.15) is 0 Å². The molecule has 0 unspecified atom stereocenters. The summed E-state index contributed by atoms with van der Waals surface area (Å²) in [6, 6.07) is 3.12. The van der Waals surface area contributed by atoms with Crippen molar-refractivity contribution in [2.24, 2.45) is 5.73 Å². The predicted octanol–water partition coefficient (Wildman–Crippen LogP) is 1.92. The first kappa shape index (κ1) is 13.1. The van der Waals surface area contributed by atoms with Gasteiger partial charge in [0, 0.05) is 13.1 Å². The lowest BCUT2D eigenvalue weighted by Gasteiger charge is -2.19. The van der Waals surface area contributed by atoms with Crippen molar-refractivity contribution < 1.29 is 9.53 Å². The lowest BCUT2D eigenvalue weighted by molar-refractivity contribution is -0.117. The molecule has 4 nitrogen and oxygen atoms in total. The fourth-order valence-electron chi connectivity index (χ4n) is 1.20. The van der Waals surface area contributed by atoms with E-state index in [-0.39, 0.29) is 12.5 Å². The van der Waals surface area contributed by atoms with E-state index in [0.29, 0.717) is 21.5 Å². The molecule has 1 amide bonds. The third kappa shape index (κ3) is 2.58. The lowest BCUT2D eigenvalue weighted by Crippen LogP contribution is -2.32. The van der Waals surface area contributed by atoms with Gasteiger partial charge in [-0.25, -0.2) is 0 Å². The molecule has 1 aromatic rings. The van der Waals surface area contributed by atoms with Crippen molar-refractivity contribution in [3.63, 3.8) is 0 Å². The molecule has 0 radical (unpaired) electrons. The Bertz CT molecular complexity index is 410. The van der Waals surface area contributed by atoms with E-state index in [2.05, 4.69) is 0 Å². The van der Waals surface area contributed by atoms with E-state index in [4.69, 9.17) is 33.7 Å². The maximum absolute atomic E-state index is 11.4. The van der Waals surface area contributed by atoms with Crippen LogP contribution in [0.5, 0.6) is 5.75 Å². The number of carbonyl (C=O) groups is 1. The van der Waals surface area contributed by atoms with Gasteiger partial charge in [-0.15, -0.1) is 0 Å². The fourth-order valence-corrected chi connectivity index (χ4v) is 1.72. The number of methoxy groups -OCH3 is 1. The second-order valence-corrected chi connectivity index (χ2v) is 3.91. The molecule has 16 heavy (non-hydrogen) atoms. The highest BCUT2D eigenvalue weighted by molar-refractivity contribution is 6.36. The van der Waals surface area contributed by atoms with Gasteiger partial charge in [0.05, 0.1) is 29.4 Å². The van der Waals surface area contributed by atoms with Crippen molar-refractivity contribution >= 4 is 34.8 Å². The molecule has 0 aliphatic heterocycles. The largest absolute Gasteiger partial charge is 0.495 e. The molecule has 1 rings (SSSR count). The molecule has 0 fully saturated rings. The van der Waals surface area contributed by atoms with Gasteiger partial charge in [-0.05, 0) is 6.07 Å². The van der Waals surface area contributed by atoms with Crippen LogP contribution in [0.2, 0.25) is 10.0 Å². The van der Waals surface area contributed by atoms with Gasteiger partial charge in [-0.1, -0.05) is 23.2 Å². The highest BCUT2D eigenvalue weighted by Crippen LogP contribution is 2.35. The Morgan fingerprint density at radius 2 is 2.06 bits per heavy atom. The van der Waals surface area contributed by atoms with Gasteiger partial charge in [0.25, 0.3) is 0 Å². The van der Waals surface area contributed by atoms with Gasteiger partial charge >= 0.3 is 0 Å². The van der Waals surface area contributed by atoms with Crippen LogP contribution < -0.4 is 15.4 Å².